The van der Waals surface area contributed by atoms with Crippen molar-refractivity contribution >= 4 is 39.1 Å². The van der Waals surface area contributed by atoms with Crippen LogP contribution in [0.1, 0.15) is 5.69 Å². The van der Waals surface area contributed by atoms with E-state index in [0.29, 0.717) is 21.7 Å². The summed E-state index contributed by atoms with van der Waals surface area (Å²) in [7, 11) is 0. The molecule has 0 amide bonds. The second-order valence-corrected chi connectivity index (χ2v) is 5.01. The van der Waals surface area contributed by atoms with Crippen molar-refractivity contribution in [3.63, 3.8) is 0 Å². The van der Waals surface area contributed by atoms with Gasteiger partial charge in [-0.3, -0.25) is 0 Å². The van der Waals surface area contributed by atoms with Gasteiger partial charge in [-0.1, -0.05) is 29.3 Å². The molecule has 1 aromatic heterocycles. The highest BCUT2D eigenvalue weighted by Gasteiger charge is 2.08. The van der Waals surface area contributed by atoms with Crippen molar-refractivity contribution in [3.8, 4) is 11.6 Å². The molecule has 0 spiro atoms. The lowest BCUT2D eigenvalue weighted by Crippen LogP contribution is -1.91. The number of pyridine rings is 1. The van der Waals surface area contributed by atoms with Crippen LogP contribution in [0, 0.1) is 6.92 Å². The van der Waals surface area contributed by atoms with Crippen LogP contribution in [-0.2, 0) is 0 Å². The predicted octanol–water partition coefficient (Wildman–Crippen LogP) is 5.25. The predicted molar refractivity (Wildman–Crippen MR) is 73.2 cm³/mol. The van der Waals surface area contributed by atoms with Gasteiger partial charge in [0, 0.05) is 10.5 Å². The first-order valence-electron chi connectivity index (χ1n) is 4.83. The van der Waals surface area contributed by atoms with Gasteiger partial charge in [0.15, 0.2) is 0 Å². The maximum Gasteiger partial charge on any atom is 0.219 e. The van der Waals surface area contributed by atoms with E-state index in [2.05, 4.69) is 20.9 Å². The Bertz CT molecular complexity index is 560. The zero-order valence-corrected chi connectivity index (χ0v) is 12.0. The van der Waals surface area contributed by atoms with E-state index in [1.165, 1.54) is 0 Å². The molecule has 17 heavy (non-hydrogen) atoms. The average Bonchev–Trinajstić information content (AvgIpc) is 2.30. The van der Waals surface area contributed by atoms with Crippen molar-refractivity contribution in [3.05, 3.63) is 50.5 Å². The summed E-state index contributed by atoms with van der Waals surface area (Å²) in [6.07, 6.45) is 0. The Labute approximate surface area is 118 Å². The maximum absolute atomic E-state index is 6.02. The molecule has 2 rings (SSSR count). The first-order chi connectivity index (χ1) is 8.08. The molecule has 0 aliphatic rings. The van der Waals surface area contributed by atoms with Gasteiger partial charge in [0.1, 0.15) is 10.8 Å². The van der Waals surface area contributed by atoms with Crippen LogP contribution in [0.5, 0.6) is 11.6 Å². The van der Waals surface area contributed by atoms with Gasteiger partial charge in [0.25, 0.3) is 0 Å². The van der Waals surface area contributed by atoms with Crippen molar-refractivity contribution in [1.29, 1.82) is 0 Å². The zero-order chi connectivity index (χ0) is 12.4. The highest BCUT2D eigenvalue weighted by molar-refractivity contribution is 9.10. The van der Waals surface area contributed by atoms with Crippen molar-refractivity contribution in [2.24, 2.45) is 0 Å². The average molecular weight is 333 g/mol. The molecule has 2 nitrogen and oxygen atoms in total. The highest BCUT2D eigenvalue weighted by atomic mass is 79.9. The normalized spacial score (nSPS) is 10.4. The number of hydrogen-bond donors (Lipinski definition) is 0. The van der Waals surface area contributed by atoms with Gasteiger partial charge < -0.3 is 4.74 Å². The molecule has 0 bridgehead atoms. The minimum Gasteiger partial charge on any atom is -0.437 e. The molecule has 0 atom stereocenters. The summed E-state index contributed by atoms with van der Waals surface area (Å²) in [6, 6.07) is 8.85. The monoisotopic (exact) mass is 331 g/mol. The van der Waals surface area contributed by atoms with E-state index in [1.54, 1.807) is 24.3 Å². The molecule has 0 saturated heterocycles. The van der Waals surface area contributed by atoms with E-state index in [1.807, 2.05) is 13.0 Å². The number of rotatable bonds is 2. The van der Waals surface area contributed by atoms with Crippen LogP contribution in [0.4, 0.5) is 0 Å². The molecule has 2 aromatic rings. The Hall–Kier alpha value is -0.770. The number of nitrogens with zero attached hydrogens (tertiary/aromatic N) is 1. The van der Waals surface area contributed by atoms with Gasteiger partial charge in [-0.05, 0) is 41.1 Å². The summed E-state index contributed by atoms with van der Waals surface area (Å²) in [5, 5.41) is 0.842. The minimum absolute atomic E-state index is 0.386. The number of aryl methyl sites for hydroxylation is 1. The molecular weight excluding hydrogens is 325 g/mol. The summed E-state index contributed by atoms with van der Waals surface area (Å²) in [5.41, 5.74) is 0.848. The van der Waals surface area contributed by atoms with E-state index in [0.717, 1.165) is 10.2 Å². The van der Waals surface area contributed by atoms with Crippen LogP contribution in [0.25, 0.3) is 0 Å². The van der Waals surface area contributed by atoms with Crippen molar-refractivity contribution < 1.29 is 4.74 Å². The van der Waals surface area contributed by atoms with Crippen LogP contribution < -0.4 is 4.74 Å². The maximum atomic E-state index is 6.02. The Balaban J connectivity index is 2.31. The van der Waals surface area contributed by atoms with Crippen LogP contribution in [0.15, 0.2) is 34.8 Å². The quantitative estimate of drug-likeness (QED) is 0.749. The zero-order valence-electron chi connectivity index (χ0n) is 8.88. The van der Waals surface area contributed by atoms with Gasteiger partial charge >= 0.3 is 0 Å². The molecular formula is C12H8BrCl2NO. The molecule has 0 fully saturated rings. The second kappa shape index (κ2) is 5.25. The first-order valence-corrected chi connectivity index (χ1v) is 6.38. The molecule has 0 aliphatic heterocycles. The van der Waals surface area contributed by atoms with E-state index in [4.69, 9.17) is 27.9 Å². The van der Waals surface area contributed by atoms with Gasteiger partial charge in [0.2, 0.25) is 5.88 Å². The van der Waals surface area contributed by atoms with E-state index >= 15 is 0 Å². The van der Waals surface area contributed by atoms with Crippen molar-refractivity contribution in [2.45, 2.75) is 6.92 Å². The standard InChI is InChI=1S/C12H8BrCl2NO/c1-7-8(13)5-6-11(16-7)17-10-4-2-3-9(14)12(10)15/h2-6H,1H3. The topological polar surface area (TPSA) is 22.1 Å². The van der Waals surface area contributed by atoms with Crippen molar-refractivity contribution in [2.75, 3.05) is 0 Å². The molecule has 1 aromatic carbocycles. The van der Waals surface area contributed by atoms with E-state index in [-0.39, 0.29) is 0 Å². The van der Waals surface area contributed by atoms with Gasteiger partial charge in [-0.15, -0.1) is 0 Å². The largest absolute Gasteiger partial charge is 0.437 e. The van der Waals surface area contributed by atoms with Crippen LogP contribution in [0.2, 0.25) is 10.0 Å². The SMILES string of the molecule is Cc1nc(Oc2cccc(Cl)c2Cl)ccc1Br. The molecule has 0 unspecified atom stereocenters. The summed E-state index contributed by atoms with van der Waals surface area (Å²) in [6.45, 7) is 1.89. The number of ether oxygens (including phenoxy) is 1. The highest BCUT2D eigenvalue weighted by Crippen LogP contribution is 2.34. The molecule has 0 saturated carbocycles. The van der Waals surface area contributed by atoms with Gasteiger partial charge in [-0.2, -0.15) is 0 Å². The molecule has 88 valence electrons. The van der Waals surface area contributed by atoms with Crippen molar-refractivity contribution in [1.82, 2.24) is 4.98 Å². The second-order valence-electron chi connectivity index (χ2n) is 3.37. The third kappa shape index (κ3) is 2.92. The van der Waals surface area contributed by atoms with Gasteiger partial charge in [-0.25, -0.2) is 4.98 Å². The molecule has 5 heteroatoms. The summed E-state index contributed by atoms with van der Waals surface area (Å²) >= 11 is 15.3. The Morgan fingerprint density at radius 2 is 1.94 bits per heavy atom. The Morgan fingerprint density at radius 1 is 1.18 bits per heavy atom. The van der Waals surface area contributed by atoms with Gasteiger partial charge in [0.05, 0.1) is 10.7 Å². The number of hydrogen-bond acceptors (Lipinski definition) is 2. The molecule has 1 heterocycles. The molecule has 0 N–H and O–H groups in total. The van der Waals surface area contributed by atoms with Crippen LogP contribution in [0.3, 0.4) is 0 Å². The first kappa shape index (κ1) is 12.7. The number of halogens is 3. The molecule has 0 radical (unpaired) electrons. The summed E-state index contributed by atoms with van der Waals surface area (Å²) in [4.78, 5) is 4.27. The Morgan fingerprint density at radius 3 is 2.65 bits per heavy atom. The third-order valence-electron chi connectivity index (χ3n) is 2.13. The fourth-order valence-corrected chi connectivity index (χ4v) is 1.80. The lowest BCUT2D eigenvalue weighted by molar-refractivity contribution is 0.461. The lowest BCUT2D eigenvalue weighted by Gasteiger charge is -2.08. The Kier molecular flexibility index (Phi) is 3.92. The summed E-state index contributed by atoms with van der Waals surface area (Å²) < 4.78 is 6.51. The molecule has 0 aliphatic carbocycles. The smallest absolute Gasteiger partial charge is 0.219 e. The third-order valence-corrected chi connectivity index (χ3v) is 3.77. The van der Waals surface area contributed by atoms with E-state index in [9.17, 15) is 0 Å². The lowest BCUT2D eigenvalue weighted by atomic mass is 10.3. The number of aromatic nitrogens is 1. The van der Waals surface area contributed by atoms with E-state index < -0.39 is 0 Å². The number of benzene rings is 1. The fourth-order valence-electron chi connectivity index (χ4n) is 1.25. The minimum atomic E-state index is 0.386. The summed E-state index contributed by atoms with van der Waals surface area (Å²) in [5.74, 6) is 0.975. The van der Waals surface area contributed by atoms with Crippen LogP contribution in [-0.4, -0.2) is 4.98 Å². The van der Waals surface area contributed by atoms with Crippen LogP contribution >= 0.6 is 39.1 Å². The fraction of sp³-hybridized carbons (Fsp3) is 0.0833.